The number of carbonyl (C=O) groups excluding carboxylic acids is 2. The molecule has 2 amide bonds. The molecule has 1 fully saturated rings. The van der Waals surface area contributed by atoms with Crippen molar-refractivity contribution in [3.8, 4) is 11.8 Å². The number of hydrogen-bond donors (Lipinski definition) is 2. The zero-order valence-corrected chi connectivity index (χ0v) is 18.0. The summed E-state index contributed by atoms with van der Waals surface area (Å²) in [6.45, 7) is 1.77. The number of aryl methyl sites for hydroxylation is 1. The summed E-state index contributed by atoms with van der Waals surface area (Å²) in [5, 5.41) is 15.3. The molecule has 0 unspecified atom stereocenters. The number of halogens is 1. The molecule has 7 heteroatoms. The van der Waals surface area contributed by atoms with E-state index in [4.69, 9.17) is 16.3 Å². The molecule has 1 aliphatic rings. The van der Waals surface area contributed by atoms with Gasteiger partial charge < -0.3 is 15.4 Å². The number of amides is 2. The molecule has 2 aromatic carbocycles. The highest BCUT2D eigenvalue weighted by Gasteiger charge is 2.19. The number of hydrogen-bond acceptors (Lipinski definition) is 4. The molecule has 3 rings (SSSR count). The van der Waals surface area contributed by atoms with Gasteiger partial charge in [0, 0.05) is 11.7 Å². The normalized spacial score (nSPS) is 14.0. The van der Waals surface area contributed by atoms with Crippen molar-refractivity contribution in [2.45, 2.75) is 38.6 Å². The zero-order chi connectivity index (χ0) is 22.2. The highest BCUT2D eigenvalue weighted by Crippen LogP contribution is 2.27. The van der Waals surface area contributed by atoms with Crippen LogP contribution in [0.5, 0.6) is 5.75 Å². The first-order valence-electron chi connectivity index (χ1n) is 10.2. The lowest BCUT2D eigenvalue weighted by Gasteiger charge is -2.11. The molecule has 0 aromatic heterocycles. The van der Waals surface area contributed by atoms with Crippen LogP contribution in [0.15, 0.2) is 48.0 Å². The first kappa shape index (κ1) is 22.4. The first-order chi connectivity index (χ1) is 14.9. The second-order valence-electron chi connectivity index (χ2n) is 7.52. The molecule has 0 saturated heterocycles. The summed E-state index contributed by atoms with van der Waals surface area (Å²) in [5.41, 5.74) is 2.41. The van der Waals surface area contributed by atoms with Crippen LogP contribution in [0.25, 0.3) is 6.08 Å². The van der Waals surface area contributed by atoms with Gasteiger partial charge in [0.05, 0.1) is 5.02 Å². The smallest absolute Gasteiger partial charge is 0.262 e. The lowest BCUT2D eigenvalue weighted by molar-refractivity contribution is -0.118. The predicted molar refractivity (Wildman–Crippen MR) is 121 cm³/mol. The Morgan fingerprint density at radius 1 is 1.19 bits per heavy atom. The topological polar surface area (TPSA) is 91.2 Å². The van der Waals surface area contributed by atoms with Crippen LogP contribution < -0.4 is 15.4 Å². The Labute approximate surface area is 186 Å². The van der Waals surface area contributed by atoms with Gasteiger partial charge in [-0.3, -0.25) is 9.59 Å². The maximum atomic E-state index is 12.3. The van der Waals surface area contributed by atoms with Crippen molar-refractivity contribution < 1.29 is 14.3 Å². The summed E-state index contributed by atoms with van der Waals surface area (Å²) in [6.07, 6.45) is 5.57. The number of rotatable bonds is 7. The standard InChI is InChI=1S/C24H24ClN3O3/c1-16-6-9-20(10-7-16)27-23(29)15-31-22-11-8-17(13-21(22)25)12-18(14-26)24(30)28-19-4-2-3-5-19/h6-13,19H,2-5,15H2,1H3,(H,27,29)(H,28,30)/b18-12-. The van der Waals surface area contributed by atoms with Gasteiger partial charge in [0.25, 0.3) is 11.8 Å². The van der Waals surface area contributed by atoms with Gasteiger partial charge in [-0.25, -0.2) is 0 Å². The third kappa shape index (κ3) is 6.59. The zero-order valence-electron chi connectivity index (χ0n) is 17.3. The Balaban J connectivity index is 1.58. The van der Waals surface area contributed by atoms with Gasteiger partial charge >= 0.3 is 0 Å². The number of ether oxygens (including phenoxy) is 1. The molecule has 0 spiro atoms. The van der Waals surface area contributed by atoms with Crippen molar-refractivity contribution in [3.63, 3.8) is 0 Å². The summed E-state index contributed by atoms with van der Waals surface area (Å²) in [5.74, 6) is -0.343. The van der Waals surface area contributed by atoms with Crippen molar-refractivity contribution in [3.05, 3.63) is 64.2 Å². The predicted octanol–water partition coefficient (Wildman–Crippen LogP) is 4.63. The van der Waals surface area contributed by atoms with Crippen molar-refractivity contribution in [1.82, 2.24) is 5.32 Å². The van der Waals surface area contributed by atoms with E-state index in [1.165, 1.54) is 6.08 Å². The maximum Gasteiger partial charge on any atom is 0.262 e. The SMILES string of the molecule is Cc1ccc(NC(=O)COc2ccc(/C=C(/C#N)C(=O)NC3CCCC3)cc2Cl)cc1. The van der Waals surface area contributed by atoms with Crippen LogP contribution in [0.4, 0.5) is 5.69 Å². The molecule has 160 valence electrons. The van der Waals surface area contributed by atoms with Crippen LogP contribution in [-0.2, 0) is 9.59 Å². The number of nitriles is 1. The van der Waals surface area contributed by atoms with Crippen LogP contribution in [0.3, 0.4) is 0 Å². The molecule has 1 aliphatic carbocycles. The summed E-state index contributed by atoms with van der Waals surface area (Å²) >= 11 is 6.26. The van der Waals surface area contributed by atoms with E-state index in [1.807, 2.05) is 37.3 Å². The second kappa shape index (κ2) is 10.6. The van der Waals surface area contributed by atoms with Gasteiger partial charge in [0.15, 0.2) is 6.61 Å². The van der Waals surface area contributed by atoms with E-state index in [1.54, 1.807) is 18.2 Å². The molecular formula is C24H24ClN3O3. The first-order valence-corrected chi connectivity index (χ1v) is 10.5. The number of benzene rings is 2. The summed E-state index contributed by atoms with van der Waals surface area (Å²) in [7, 11) is 0. The quantitative estimate of drug-likeness (QED) is 0.488. The average molecular weight is 438 g/mol. The Morgan fingerprint density at radius 3 is 2.55 bits per heavy atom. The third-order valence-electron chi connectivity index (χ3n) is 5.02. The van der Waals surface area contributed by atoms with E-state index >= 15 is 0 Å². The number of carbonyl (C=O) groups is 2. The van der Waals surface area contributed by atoms with E-state index in [9.17, 15) is 14.9 Å². The van der Waals surface area contributed by atoms with Crippen molar-refractivity contribution in [2.75, 3.05) is 11.9 Å². The maximum absolute atomic E-state index is 12.3. The Kier molecular flexibility index (Phi) is 7.69. The molecule has 0 atom stereocenters. The van der Waals surface area contributed by atoms with Gasteiger partial charge in [0.2, 0.25) is 0 Å². The van der Waals surface area contributed by atoms with Crippen LogP contribution in [-0.4, -0.2) is 24.5 Å². The van der Waals surface area contributed by atoms with E-state index in [0.29, 0.717) is 17.0 Å². The van der Waals surface area contributed by atoms with Crippen LogP contribution >= 0.6 is 11.6 Å². The minimum atomic E-state index is -0.376. The van der Waals surface area contributed by atoms with Gasteiger partial charge in [-0.05, 0) is 55.7 Å². The molecule has 0 heterocycles. The lowest BCUT2D eigenvalue weighted by atomic mass is 10.1. The largest absolute Gasteiger partial charge is 0.482 e. The Morgan fingerprint density at radius 2 is 1.90 bits per heavy atom. The summed E-state index contributed by atoms with van der Waals surface area (Å²) in [4.78, 5) is 24.4. The fraction of sp³-hybridized carbons (Fsp3) is 0.292. The van der Waals surface area contributed by atoms with Gasteiger partial charge in [-0.1, -0.05) is 48.2 Å². The Bertz CT molecular complexity index is 1020. The molecular weight excluding hydrogens is 414 g/mol. The van der Waals surface area contributed by atoms with E-state index < -0.39 is 0 Å². The molecule has 31 heavy (non-hydrogen) atoms. The summed E-state index contributed by atoms with van der Waals surface area (Å²) in [6, 6.07) is 14.4. The van der Waals surface area contributed by atoms with Crippen molar-refractivity contribution in [1.29, 1.82) is 5.26 Å². The van der Waals surface area contributed by atoms with E-state index in [0.717, 1.165) is 31.2 Å². The van der Waals surface area contributed by atoms with Crippen molar-refractivity contribution in [2.24, 2.45) is 0 Å². The fourth-order valence-electron chi connectivity index (χ4n) is 3.35. The number of anilines is 1. The molecule has 2 N–H and O–H groups in total. The minimum absolute atomic E-state index is 0.0223. The van der Waals surface area contributed by atoms with E-state index in [2.05, 4.69) is 10.6 Å². The van der Waals surface area contributed by atoms with Crippen LogP contribution in [0.2, 0.25) is 5.02 Å². The molecule has 2 aromatic rings. The number of nitrogens with one attached hydrogen (secondary N) is 2. The molecule has 1 saturated carbocycles. The summed E-state index contributed by atoms with van der Waals surface area (Å²) < 4.78 is 5.51. The second-order valence-corrected chi connectivity index (χ2v) is 7.92. The fourth-order valence-corrected chi connectivity index (χ4v) is 3.59. The highest BCUT2D eigenvalue weighted by atomic mass is 35.5. The Hall–Kier alpha value is -3.30. The van der Waals surface area contributed by atoms with Crippen molar-refractivity contribution >= 4 is 35.2 Å². The minimum Gasteiger partial charge on any atom is -0.482 e. The van der Waals surface area contributed by atoms with E-state index in [-0.39, 0.29) is 35.1 Å². The molecule has 6 nitrogen and oxygen atoms in total. The van der Waals surface area contributed by atoms with Gasteiger partial charge in [0.1, 0.15) is 17.4 Å². The van der Waals surface area contributed by atoms with Gasteiger partial charge in [-0.2, -0.15) is 5.26 Å². The number of nitrogens with zero attached hydrogens (tertiary/aromatic N) is 1. The van der Waals surface area contributed by atoms with Gasteiger partial charge in [-0.15, -0.1) is 0 Å². The lowest BCUT2D eigenvalue weighted by Crippen LogP contribution is -2.33. The molecule has 0 bridgehead atoms. The molecule has 0 radical (unpaired) electrons. The third-order valence-corrected chi connectivity index (χ3v) is 5.31. The monoisotopic (exact) mass is 437 g/mol. The average Bonchev–Trinajstić information content (AvgIpc) is 3.26. The molecule has 0 aliphatic heterocycles. The highest BCUT2D eigenvalue weighted by molar-refractivity contribution is 6.32. The van der Waals surface area contributed by atoms with Crippen LogP contribution in [0, 0.1) is 18.3 Å². The van der Waals surface area contributed by atoms with Crippen LogP contribution in [0.1, 0.15) is 36.8 Å².